The first-order chi connectivity index (χ1) is 24.6. The predicted molar refractivity (Wildman–Crippen MR) is 248 cm³/mol. The molecule has 3 aromatic rings. The Hall–Kier alpha value is -2.40. The number of hydrogen-bond acceptors (Lipinski definition) is 2. The van der Waals surface area contributed by atoms with E-state index >= 15 is 0 Å². The molecule has 2 nitrogen and oxygen atoms in total. The van der Waals surface area contributed by atoms with Gasteiger partial charge in [-0.15, -0.1) is 7.17 Å². The molecular formula is C51H76O2P2. The van der Waals surface area contributed by atoms with Crippen LogP contribution in [0.1, 0.15) is 206 Å². The topological polar surface area (TPSA) is 26.3 Å². The molecule has 0 unspecified atom stereocenters. The third-order valence-electron chi connectivity index (χ3n) is 11.0. The van der Waals surface area contributed by atoms with E-state index in [1.807, 2.05) is 12.1 Å². The van der Waals surface area contributed by atoms with Gasteiger partial charge in [0, 0.05) is 16.2 Å². The lowest BCUT2D eigenvalue weighted by atomic mass is 9.72. The highest BCUT2D eigenvalue weighted by atomic mass is 31.2. The summed E-state index contributed by atoms with van der Waals surface area (Å²) in [5, 5.41) is 3.45. The fourth-order valence-corrected chi connectivity index (χ4v) is 16.9. The monoisotopic (exact) mass is 783 g/mol. The minimum absolute atomic E-state index is 0.0268. The Labute approximate surface area is 339 Å². The van der Waals surface area contributed by atoms with Crippen LogP contribution < -0.4 is 0 Å². The van der Waals surface area contributed by atoms with Crippen molar-refractivity contribution in [1.29, 1.82) is 0 Å². The summed E-state index contributed by atoms with van der Waals surface area (Å²) < 4.78 is 5.10. The number of hydrogen-bond donors (Lipinski definition) is 0. The molecule has 1 aliphatic heterocycles. The zero-order chi connectivity index (χ0) is 42.2. The van der Waals surface area contributed by atoms with Crippen LogP contribution in [-0.2, 0) is 43.4 Å². The van der Waals surface area contributed by atoms with E-state index in [0.29, 0.717) is 5.56 Å². The minimum atomic E-state index is -0.769. The maximum atomic E-state index is 12.5. The van der Waals surface area contributed by atoms with Crippen LogP contribution >= 0.6 is 15.1 Å². The lowest BCUT2D eigenvalue weighted by Crippen LogP contribution is -2.35. The first-order valence-corrected chi connectivity index (χ1v) is 23.4. The van der Waals surface area contributed by atoms with Gasteiger partial charge in [-0.2, -0.15) is 0 Å². The van der Waals surface area contributed by atoms with E-state index in [9.17, 15) is 4.79 Å². The van der Waals surface area contributed by atoms with Crippen molar-refractivity contribution >= 4 is 31.1 Å². The third kappa shape index (κ3) is 9.50. The van der Waals surface area contributed by atoms with Gasteiger partial charge in [0.05, 0.1) is 12.7 Å². The van der Waals surface area contributed by atoms with E-state index in [4.69, 9.17) is 4.74 Å². The summed E-state index contributed by atoms with van der Waals surface area (Å²) in [6, 6.07) is 18.6. The number of carbonyl (C=O) groups is 1. The van der Waals surface area contributed by atoms with Crippen molar-refractivity contribution in [2.75, 3.05) is 7.11 Å². The Morgan fingerprint density at radius 3 is 1.04 bits per heavy atom. The highest BCUT2D eigenvalue weighted by Crippen LogP contribution is 2.70. The molecule has 0 bridgehead atoms. The van der Waals surface area contributed by atoms with Crippen LogP contribution in [0, 0.1) is 0 Å². The quantitative estimate of drug-likeness (QED) is 0.190. The molecule has 4 heteroatoms. The Balaban J connectivity index is 2.41. The second-order valence-corrected chi connectivity index (χ2v) is 29.0. The normalized spacial score (nSPS) is 17.1. The average Bonchev–Trinajstić information content (AvgIpc) is 2.98. The van der Waals surface area contributed by atoms with E-state index in [1.165, 1.54) is 57.2 Å². The standard InChI is InChI=1S/C51H76O2P2/c1-45(2,3)34-27-36(47(7,8)9)40(37(28-34)48(10,11)12)43-54(31-32-23-25-33(26-24-32)42(52)53-22)44(55(43)51(19,20)21)41-38(49(13,14)15)29-35(46(4,5)6)30-39(41)50(16,17)18/h23-30H,31H2,1-22H3. The molecule has 0 aliphatic carbocycles. The van der Waals surface area contributed by atoms with E-state index in [2.05, 4.69) is 182 Å². The van der Waals surface area contributed by atoms with Gasteiger partial charge in [-0.05, 0) is 108 Å². The van der Waals surface area contributed by atoms with E-state index in [-0.39, 0.29) is 43.6 Å². The Bertz CT molecular complexity index is 1850. The molecule has 3 aromatic carbocycles. The molecule has 0 amide bonds. The van der Waals surface area contributed by atoms with Crippen molar-refractivity contribution in [1.82, 2.24) is 0 Å². The summed E-state index contributed by atoms with van der Waals surface area (Å²) in [4.78, 5) is 12.5. The molecule has 0 saturated carbocycles. The van der Waals surface area contributed by atoms with Crippen molar-refractivity contribution < 1.29 is 9.53 Å². The molecule has 302 valence electrons. The van der Waals surface area contributed by atoms with Gasteiger partial charge >= 0.3 is 5.97 Å². The molecule has 0 aromatic heterocycles. The Morgan fingerprint density at radius 2 is 0.800 bits per heavy atom. The van der Waals surface area contributed by atoms with Crippen LogP contribution in [0.5, 0.6) is 0 Å². The molecule has 0 N–H and O–H groups in total. The smallest absolute Gasteiger partial charge is 0.337 e. The van der Waals surface area contributed by atoms with Crippen molar-refractivity contribution in [3.63, 3.8) is 0 Å². The first-order valence-electron chi connectivity index (χ1n) is 20.5. The van der Waals surface area contributed by atoms with Crippen LogP contribution in [0.15, 0.2) is 48.5 Å². The maximum absolute atomic E-state index is 12.5. The first kappa shape index (κ1) is 45.3. The van der Waals surface area contributed by atoms with Crippen LogP contribution in [-0.4, -0.2) is 28.3 Å². The van der Waals surface area contributed by atoms with Crippen LogP contribution in [0.3, 0.4) is 0 Å². The molecule has 55 heavy (non-hydrogen) atoms. The molecule has 0 saturated heterocycles. The summed E-state index contributed by atoms with van der Waals surface area (Å²) >= 11 is 0. The summed E-state index contributed by atoms with van der Waals surface area (Å²) in [5.41, 5.74) is 13.6. The minimum Gasteiger partial charge on any atom is -0.465 e. The van der Waals surface area contributed by atoms with Crippen molar-refractivity contribution in [3.05, 3.63) is 104 Å². The number of ether oxygens (including phenoxy) is 1. The number of esters is 1. The fourth-order valence-electron chi connectivity index (χ4n) is 7.72. The maximum Gasteiger partial charge on any atom is 0.337 e. The summed E-state index contributed by atoms with van der Waals surface area (Å²) in [5.74, 6) is -0.288. The molecule has 0 radical (unpaired) electrons. The lowest BCUT2D eigenvalue weighted by Gasteiger charge is -2.48. The molecule has 1 heterocycles. The van der Waals surface area contributed by atoms with Crippen LogP contribution in [0.4, 0.5) is 0 Å². The molecule has 0 spiro atoms. The molecule has 1 aliphatic rings. The number of methoxy groups -OCH3 is 1. The van der Waals surface area contributed by atoms with Crippen LogP contribution in [0.2, 0.25) is 0 Å². The molecular weight excluding hydrogens is 707 g/mol. The van der Waals surface area contributed by atoms with Crippen LogP contribution in [0.25, 0.3) is 0 Å². The molecule has 0 atom stereocenters. The van der Waals surface area contributed by atoms with Crippen molar-refractivity contribution in [2.45, 2.75) is 189 Å². The van der Waals surface area contributed by atoms with E-state index in [1.54, 1.807) is 10.1 Å². The number of rotatable bonds is 5. The second kappa shape index (κ2) is 14.8. The van der Waals surface area contributed by atoms with E-state index in [0.717, 1.165) is 6.16 Å². The average molecular weight is 783 g/mol. The second-order valence-electron chi connectivity index (χ2n) is 23.3. The Morgan fingerprint density at radius 1 is 0.491 bits per heavy atom. The Kier molecular flexibility index (Phi) is 12.2. The fraction of sp³-hybridized carbons (Fsp3) is 0.588. The summed E-state index contributed by atoms with van der Waals surface area (Å²) in [6.07, 6.45) is 0.943. The summed E-state index contributed by atoms with van der Waals surface area (Å²) in [7, 11) is -0.0239. The van der Waals surface area contributed by atoms with Gasteiger partial charge < -0.3 is 4.74 Å². The molecule has 0 fully saturated rings. The molecule has 4 rings (SSSR count). The highest BCUT2D eigenvalue weighted by Gasteiger charge is 2.46. The van der Waals surface area contributed by atoms with Gasteiger partial charge in [0.2, 0.25) is 0 Å². The van der Waals surface area contributed by atoms with E-state index < -0.39 is 15.1 Å². The van der Waals surface area contributed by atoms with Gasteiger partial charge in [0.25, 0.3) is 0 Å². The zero-order valence-corrected chi connectivity index (χ0v) is 40.8. The third-order valence-corrected chi connectivity index (χ3v) is 18.4. The highest BCUT2D eigenvalue weighted by molar-refractivity contribution is 8.15. The van der Waals surface area contributed by atoms with Gasteiger partial charge in [0.15, 0.2) is 0 Å². The number of benzene rings is 3. The summed E-state index contributed by atoms with van der Waals surface area (Å²) in [6.45, 7) is 50.7. The zero-order valence-electron chi connectivity index (χ0n) is 39.0. The van der Waals surface area contributed by atoms with Gasteiger partial charge in [-0.25, -0.2) is 4.79 Å². The van der Waals surface area contributed by atoms with Gasteiger partial charge in [-0.1, -0.05) is 182 Å². The van der Waals surface area contributed by atoms with Gasteiger partial charge in [-0.3, -0.25) is 0 Å². The largest absolute Gasteiger partial charge is 0.465 e. The van der Waals surface area contributed by atoms with Crippen molar-refractivity contribution in [3.8, 4) is 0 Å². The predicted octanol–water partition coefficient (Wildman–Crippen LogP) is 14.9. The number of carbonyl (C=O) groups excluding carboxylic acids is 1. The lowest BCUT2D eigenvalue weighted by molar-refractivity contribution is 0.0600. The van der Waals surface area contributed by atoms with Gasteiger partial charge in [0.1, 0.15) is 0 Å². The SMILES string of the molecule is COC(=O)c1ccc(CP2=C(c3c(C(C)(C)C)cc(C(C)(C)C)cc3C(C)(C)C)P(C(C)(C)C)C=2c2c(C(C)(C)C)cc(C(C)(C)C)cc2C(C)(C)C)cc1. The van der Waals surface area contributed by atoms with Crippen molar-refractivity contribution in [2.24, 2.45) is 0 Å².